The summed E-state index contributed by atoms with van der Waals surface area (Å²) >= 11 is 0. The van der Waals surface area contributed by atoms with Gasteiger partial charge >= 0.3 is 6.18 Å². The fourth-order valence-corrected chi connectivity index (χ4v) is 3.65. The van der Waals surface area contributed by atoms with Crippen molar-refractivity contribution in [2.24, 2.45) is 0 Å². The van der Waals surface area contributed by atoms with E-state index in [0.717, 1.165) is 12.1 Å². The Balaban J connectivity index is 1.98. The minimum Gasteiger partial charge on any atom is -0.482 e. The maximum atomic E-state index is 13.9. The molecule has 10 heteroatoms. The van der Waals surface area contributed by atoms with Crippen LogP contribution in [0.2, 0.25) is 0 Å². The summed E-state index contributed by atoms with van der Waals surface area (Å²) in [6, 6.07) is 10.1. The third kappa shape index (κ3) is 4.27. The van der Waals surface area contributed by atoms with Gasteiger partial charge in [-0.25, -0.2) is 12.8 Å². The number of aromatic nitrogens is 1. The molecule has 142 valence electrons. The van der Waals surface area contributed by atoms with Gasteiger partial charge in [0.1, 0.15) is 17.1 Å². The van der Waals surface area contributed by atoms with Crippen LogP contribution in [-0.2, 0) is 10.0 Å². The number of sulfonamides is 1. The lowest BCUT2D eigenvalue weighted by Crippen LogP contribution is -2.20. The van der Waals surface area contributed by atoms with Crippen molar-refractivity contribution in [3.8, 4) is 5.75 Å². The van der Waals surface area contributed by atoms with E-state index < -0.39 is 28.6 Å². The largest absolute Gasteiger partial charge is 0.482 e. The van der Waals surface area contributed by atoms with Crippen molar-refractivity contribution in [2.75, 3.05) is 11.3 Å². The first kappa shape index (κ1) is 18.9. The van der Waals surface area contributed by atoms with Crippen LogP contribution in [0.1, 0.15) is 0 Å². The van der Waals surface area contributed by atoms with E-state index in [9.17, 15) is 26.0 Å². The Bertz CT molecular complexity index is 1080. The number of halogens is 4. The summed E-state index contributed by atoms with van der Waals surface area (Å²) < 4.78 is 83.3. The minimum atomic E-state index is -4.58. The first-order valence-corrected chi connectivity index (χ1v) is 9.00. The number of benzene rings is 2. The van der Waals surface area contributed by atoms with Crippen LogP contribution in [0.25, 0.3) is 10.9 Å². The van der Waals surface area contributed by atoms with Gasteiger partial charge in [-0.2, -0.15) is 13.2 Å². The average molecular weight is 400 g/mol. The molecule has 0 aliphatic rings. The Morgan fingerprint density at radius 1 is 1.04 bits per heavy atom. The van der Waals surface area contributed by atoms with Gasteiger partial charge in [-0.3, -0.25) is 9.71 Å². The number of alkyl halides is 3. The van der Waals surface area contributed by atoms with E-state index in [1.165, 1.54) is 42.6 Å². The van der Waals surface area contributed by atoms with Gasteiger partial charge in [0.2, 0.25) is 0 Å². The van der Waals surface area contributed by atoms with E-state index in [1.807, 2.05) is 0 Å². The van der Waals surface area contributed by atoms with Crippen molar-refractivity contribution < 1.29 is 30.7 Å². The molecule has 0 bridgehead atoms. The summed E-state index contributed by atoms with van der Waals surface area (Å²) in [5.41, 5.74) is -0.315. The lowest BCUT2D eigenvalue weighted by molar-refractivity contribution is -0.153. The molecule has 0 saturated carbocycles. The van der Waals surface area contributed by atoms with Crippen LogP contribution in [0.4, 0.5) is 23.2 Å². The van der Waals surface area contributed by atoms with Gasteiger partial charge in [-0.1, -0.05) is 12.1 Å². The summed E-state index contributed by atoms with van der Waals surface area (Å²) in [5, 5.41) is 0.0405. The summed E-state index contributed by atoms with van der Waals surface area (Å²) in [6.07, 6.45) is -3.26. The standard InChI is InChI=1S/C17H12F4N2O3S/c18-12-7-8-15(11-4-3-9-22-16(11)12)27(24,25)23-13-5-1-2-6-14(13)26-10-17(19,20)21/h1-9,23H,10H2. The summed E-state index contributed by atoms with van der Waals surface area (Å²) in [4.78, 5) is 3.55. The fraction of sp³-hybridized carbons (Fsp3) is 0.118. The summed E-state index contributed by atoms with van der Waals surface area (Å²) in [6.45, 7) is -1.57. The molecule has 0 spiro atoms. The predicted molar refractivity (Wildman–Crippen MR) is 90.5 cm³/mol. The van der Waals surface area contributed by atoms with E-state index in [2.05, 4.69) is 14.4 Å². The monoisotopic (exact) mass is 400 g/mol. The van der Waals surface area contributed by atoms with Gasteiger partial charge in [0.05, 0.1) is 10.6 Å². The highest BCUT2D eigenvalue weighted by atomic mass is 32.2. The van der Waals surface area contributed by atoms with Gasteiger partial charge in [0, 0.05) is 11.6 Å². The zero-order valence-electron chi connectivity index (χ0n) is 13.5. The molecule has 0 radical (unpaired) electrons. The third-order valence-corrected chi connectivity index (χ3v) is 4.92. The number of fused-ring (bicyclic) bond motifs is 1. The number of anilines is 1. The molecule has 5 nitrogen and oxygen atoms in total. The highest BCUT2D eigenvalue weighted by Gasteiger charge is 2.29. The second kappa shape index (κ2) is 7.03. The smallest absolute Gasteiger partial charge is 0.422 e. The van der Waals surface area contributed by atoms with Crippen molar-refractivity contribution in [2.45, 2.75) is 11.1 Å². The molecular formula is C17H12F4N2O3S. The Labute approximate surface area is 151 Å². The van der Waals surface area contributed by atoms with E-state index in [0.29, 0.717) is 0 Å². The number of nitrogens with zero attached hydrogens (tertiary/aromatic N) is 1. The molecule has 0 saturated heterocycles. The normalized spacial score (nSPS) is 12.1. The predicted octanol–water partition coefficient (Wildman–Crippen LogP) is 4.12. The van der Waals surface area contributed by atoms with Crippen molar-refractivity contribution in [1.82, 2.24) is 4.98 Å². The minimum absolute atomic E-state index is 0.0405. The van der Waals surface area contributed by atoms with Crippen LogP contribution in [-0.4, -0.2) is 26.2 Å². The van der Waals surface area contributed by atoms with Crippen LogP contribution in [0.15, 0.2) is 59.6 Å². The van der Waals surface area contributed by atoms with Crippen LogP contribution in [0.5, 0.6) is 5.75 Å². The first-order valence-electron chi connectivity index (χ1n) is 7.52. The Kier molecular flexibility index (Phi) is 4.92. The van der Waals surface area contributed by atoms with Crippen molar-refractivity contribution in [3.63, 3.8) is 0 Å². The number of ether oxygens (including phenoxy) is 1. The van der Waals surface area contributed by atoms with E-state index in [-0.39, 0.29) is 27.2 Å². The molecule has 1 aromatic heterocycles. The quantitative estimate of drug-likeness (QED) is 0.655. The van der Waals surface area contributed by atoms with Crippen LogP contribution >= 0.6 is 0 Å². The number of pyridine rings is 1. The second-order valence-electron chi connectivity index (χ2n) is 5.45. The fourth-order valence-electron chi connectivity index (χ4n) is 2.38. The second-order valence-corrected chi connectivity index (χ2v) is 7.10. The highest BCUT2D eigenvalue weighted by Crippen LogP contribution is 2.30. The van der Waals surface area contributed by atoms with Gasteiger partial charge in [0.15, 0.2) is 6.61 Å². The van der Waals surface area contributed by atoms with Gasteiger partial charge < -0.3 is 4.74 Å². The topological polar surface area (TPSA) is 68.3 Å². The maximum Gasteiger partial charge on any atom is 0.422 e. The molecule has 0 unspecified atom stereocenters. The van der Waals surface area contributed by atoms with Crippen molar-refractivity contribution in [3.05, 3.63) is 60.5 Å². The summed E-state index contributed by atoms with van der Waals surface area (Å²) in [7, 11) is -4.25. The number of rotatable bonds is 5. The van der Waals surface area contributed by atoms with E-state index in [1.54, 1.807) is 0 Å². The SMILES string of the molecule is O=S(=O)(Nc1ccccc1OCC(F)(F)F)c1ccc(F)c2ncccc12. The molecule has 3 rings (SSSR count). The lowest BCUT2D eigenvalue weighted by atomic mass is 10.2. The molecule has 2 aromatic carbocycles. The Hall–Kier alpha value is -2.88. The van der Waals surface area contributed by atoms with Crippen LogP contribution in [0.3, 0.4) is 0 Å². The average Bonchev–Trinajstić information content (AvgIpc) is 2.60. The Morgan fingerprint density at radius 2 is 1.78 bits per heavy atom. The van der Waals surface area contributed by atoms with E-state index >= 15 is 0 Å². The molecule has 3 aromatic rings. The zero-order valence-corrected chi connectivity index (χ0v) is 14.3. The van der Waals surface area contributed by atoms with Gasteiger partial charge in [0.25, 0.3) is 10.0 Å². The molecule has 27 heavy (non-hydrogen) atoms. The molecular weight excluding hydrogens is 388 g/mol. The van der Waals surface area contributed by atoms with E-state index in [4.69, 9.17) is 0 Å². The number of nitrogens with one attached hydrogen (secondary N) is 1. The highest BCUT2D eigenvalue weighted by molar-refractivity contribution is 7.93. The Morgan fingerprint density at radius 3 is 2.52 bits per heavy atom. The van der Waals surface area contributed by atoms with Crippen LogP contribution < -0.4 is 9.46 Å². The number of para-hydroxylation sites is 2. The number of hydrogen-bond acceptors (Lipinski definition) is 4. The molecule has 0 atom stereocenters. The van der Waals surface area contributed by atoms with Crippen molar-refractivity contribution in [1.29, 1.82) is 0 Å². The zero-order chi connectivity index (χ0) is 19.7. The third-order valence-electron chi connectivity index (χ3n) is 3.49. The molecule has 0 amide bonds. The molecule has 1 heterocycles. The first-order chi connectivity index (χ1) is 12.7. The van der Waals surface area contributed by atoms with Gasteiger partial charge in [-0.15, -0.1) is 0 Å². The molecule has 0 fully saturated rings. The number of hydrogen-bond donors (Lipinski definition) is 1. The summed E-state index contributed by atoms with van der Waals surface area (Å²) in [5.74, 6) is -0.985. The lowest BCUT2D eigenvalue weighted by Gasteiger charge is -2.15. The van der Waals surface area contributed by atoms with Crippen LogP contribution in [0, 0.1) is 5.82 Å². The molecule has 1 N–H and O–H groups in total. The van der Waals surface area contributed by atoms with Gasteiger partial charge in [-0.05, 0) is 36.4 Å². The maximum absolute atomic E-state index is 13.9. The molecule has 0 aliphatic carbocycles. The molecule has 0 aliphatic heterocycles. The van der Waals surface area contributed by atoms with Crippen molar-refractivity contribution >= 4 is 26.6 Å².